The van der Waals surface area contributed by atoms with Crippen molar-refractivity contribution < 1.29 is 9.59 Å². The lowest BCUT2D eigenvalue weighted by atomic mass is 10.0. The number of nitrogens with two attached hydrogens (primary N) is 1. The van der Waals surface area contributed by atoms with E-state index in [0.717, 1.165) is 5.01 Å². The molecule has 0 aromatic heterocycles. The Labute approximate surface area is 155 Å². The molecule has 7 nitrogen and oxygen atoms in total. The molecule has 0 unspecified atom stereocenters. The molecule has 2 aromatic carbocycles. The van der Waals surface area contributed by atoms with Crippen LogP contribution in [-0.4, -0.2) is 33.6 Å². The first-order chi connectivity index (χ1) is 12.5. The van der Waals surface area contributed by atoms with E-state index in [1.54, 1.807) is 43.3 Å². The van der Waals surface area contributed by atoms with E-state index < -0.39 is 11.9 Å². The minimum absolute atomic E-state index is 0.0739. The summed E-state index contributed by atoms with van der Waals surface area (Å²) in [5.74, 6) is -0.509. The number of ketones is 1. The van der Waals surface area contributed by atoms with Crippen molar-refractivity contribution in [2.45, 2.75) is 13.0 Å². The Bertz CT molecular complexity index is 922. The zero-order valence-electron chi connectivity index (χ0n) is 13.9. The van der Waals surface area contributed by atoms with Gasteiger partial charge in [0.05, 0.1) is 11.4 Å². The van der Waals surface area contributed by atoms with Gasteiger partial charge in [-0.25, -0.2) is 0 Å². The molecule has 26 heavy (non-hydrogen) atoms. The van der Waals surface area contributed by atoms with Crippen LogP contribution in [0.2, 0.25) is 0 Å². The van der Waals surface area contributed by atoms with Crippen LogP contribution in [0, 0.1) is 0 Å². The predicted octanol–water partition coefficient (Wildman–Crippen LogP) is 2.83. The van der Waals surface area contributed by atoms with E-state index in [1.165, 1.54) is 0 Å². The highest BCUT2D eigenvalue weighted by Gasteiger charge is 2.35. The third-order valence-corrected chi connectivity index (χ3v) is 3.93. The Morgan fingerprint density at radius 3 is 2.31 bits per heavy atom. The Morgan fingerprint density at radius 1 is 1.12 bits per heavy atom. The molecule has 130 valence electrons. The molecule has 0 aliphatic carbocycles. The van der Waals surface area contributed by atoms with Crippen molar-refractivity contribution >= 4 is 40.4 Å². The summed E-state index contributed by atoms with van der Waals surface area (Å²) >= 11 is 4.77. The largest absolute Gasteiger partial charge is 0.374 e. The topological polar surface area (TPSA) is 100 Å². The summed E-state index contributed by atoms with van der Waals surface area (Å²) < 4.78 is 0. The van der Waals surface area contributed by atoms with Crippen molar-refractivity contribution in [2.75, 3.05) is 0 Å². The Morgan fingerprint density at radius 2 is 1.73 bits per heavy atom. The number of carbonyl (C=O) groups is 2. The third-order valence-electron chi connectivity index (χ3n) is 3.76. The normalized spacial score (nSPS) is 16.8. The minimum atomic E-state index is -0.845. The SMILES string of the molecule is CC1=NN(C(N)=S)C(=O)[C@H]1N=Nc1ccc(C(=O)c2ccccc2)cc1. The summed E-state index contributed by atoms with van der Waals surface area (Å²) in [6, 6.07) is 14.8. The summed E-state index contributed by atoms with van der Waals surface area (Å²) in [6.07, 6.45) is 0. The second-order valence-electron chi connectivity index (χ2n) is 5.59. The number of rotatable bonds is 4. The summed E-state index contributed by atoms with van der Waals surface area (Å²) in [5, 5.41) is 12.9. The van der Waals surface area contributed by atoms with Crippen LogP contribution < -0.4 is 5.73 Å². The predicted molar refractivity (Wildman–Crippen MR) is 101 cm³/mol. The van der Waals surface area contributed by atoms with E-state index in [4.69, 9.17) is 18.0 Å². The van der Waals surface area contributed by atoms with Gasteiger partial charge in [-0.2, -0.15) is 20.3 Å². The summed E-state index contributed by atoms with van der Waals surface area (Å²) in [7, 11) is 0. The second-order valence-corrected chi connectivity index (χ2v) is 6.01. The van der Waals surface area contributed by atoms with E-state index in [0.29, 0.717) is 22.5 Å². The molecule has 1 atom stereocenters. The average Bonchev–Trinajstić information content (AvgIpc) is 2.95. The molecule has 8 heteroatoms. The molecule has 1 aliphatic rings. The minimum Gasteiger partial charge on any atom is -0.374 e. The van der Waals surface area contributed by atoms with Crippen LogP contribution in [0.5, 0.6) is 0 Å². The third kappa shape index (κ3) is 3.55. The Balaban J connectivity index is 1.73. The highest BCUT2D eigenvalue weighted by atomic mass is 32.1. The van der Waals surface area contributed by atoms with E-state index >= 15 is 0 Å². The van der Waals surface area contributed by atoms with Gasteiger partial charge in [-0.05, 0) is 43.4 Å². The number of hydrogen-bond donors (Lipinski definition) is 1. The van der Waals surface area contributed by atoms with Gasteiger partial charge in [0, 0.05) is 11.1 Å². The van der Waals surface area contributed by atoms with Crippen molar-refractivity contribution in [3.05, 3.63) is 65.7 Å². The van der Waals surface area contributed by atoms with Crippen LogP contribution in [0.3, 0.4) is 0 Å². The van der Waals surface area contributed by atoms with Gasteiger partial charge in [-0.1, -0.05) is 30.3 Å². The van der Waals surface area contributed by atoms with Crippen molar-refractivity contribution in [2.24, 2.45) is 21.1 Å². The lowest BCUT2D eigenvalue weighted by Crippen LogP contribution is -2.37. The second kappa shape index (κ2) is 7.32. The fourth-order valence-electron chi connectivity index (χ4n) is 2.41. The van der Waals surface area contributed by atoms with Gasteiger partial charge < -0.3 is 5.73 Å². The molecule has 3 rings (SSSR count). The Kier molecular flexibility index (Phi) is 4.94. The molecule has 2 N–H and O–H groups in total. The number of hydrogen-bond acceptors (Lipinski definition) is 6. The van der Waals surface area contributed by atoms with Crippen LogP contribution in [0.1, 0.15) is 22.8 Å². The number of hydrazone groups is 1. The standard InChI is InChI=1S/C18H15N5O2S/c1-11-15(17(25)23(22-11)18(19)26)21-20-14-9-7-13(8-10-14)16(24)12-5-3-2-4-6-12/h2-10,15H,1H3,(H2,19,26)/t15-/m0/s1. The average molecular weight is 365 g/mol. The number of amides is 1. The lowest BCUT2D eigenvalue weighted by molar-refractivity contribution is -0.126. The number of benzene rings is 2. The number of carbonyl (C=O) groups excluding carboxylic acids is 2. The van der Waals surface area contributed by atoms with Crippen molar-refractivity contribution in [3.63, 3.8) is 0 Å². The zero-order valence-corrected chi connectivity index (χ0v) is 14.7. The molecule has 0 bridgehead atoms. The van der Waals surface area contributed by atoms with Crippen molar-refractivity contribution in [1.82, 2.24) is 5.01 Å². The van der Waals surface area contributed by atoms with Gasteiger partial charge in [0.15, 0.2) is 16.9 Å². The molecule has 1 amide bonds. The van der Waals surface area contributed by atoms with E-state index in [9.17, 15) is 9.59 Å². The van der Waals surface area contributed by atoms with Crippen molar-refractivity contribution in [1.29, 1.82) is 0 Å². The smallest absolute Gasteiger partial charge is 0.282 e. The summed E-state index contributed by atoms with van der Waals surface area (Å²) in [4.78, 5) is 24.5. The number of nitrogens with zero attached hydrogens (tertiary/aromatic N) is 4. The van der Waals surface area contributed by atoms with Gasteiger partial charge >= 0.3 is 0 Å². The van der Waals surface area contributed by atoms with Crippen LogP contribution >= 0.6 is 12.2 Å². The lowest BCUT2D eigenvalue weighted by Gasteiger charge is -2.08. The van der Waals surface area contributed by atoms with Gasteiger partial charge in [0.2, 0.25) is 0 Å². The maximum absolute atomic E-state index is 12.4. The van der Waals surface area contributed by atoms with Gasteiger partial charge in [0.1, 0.15) is 0 Å². The molecule has 0 spiro atoms. The van der Waals surface area contributed by atoms with Gasteiger partial charge in [-0.3, -0.25) is 9.59 Å². The van der Waals surface area contributed by atoms with Crippen molar-refractivity contribution in [3.8, 4) is 0 Å². The molecule has 1 heterocycles. The highest BCUT2D eigenvalue weighted by Crippen LogP contribution is 2.19. The monoisotopic (exact) mass is 365 g/mol. The molecule has 0 saturated heterocycles. The van der Waals surface area contributed by atoms with Crippen LogP contribution in [-0.2, 0) is 4.79 Å². The summed E-state index contributed by atoms with van der Waals surface area (Å²) in [5.41, 5.74) is 7.58. The van der Waals surface area contributed by atoms with Crippen LogP contribution in [0.25, 0.3) is 0 Å². The number of thiocarbonyl (C=S) groups is 1. The maximum Gasteiger partial charge on any atom is 0.282 e. The quantitative estimate of drug-likeness (QED) is 0.511. The van der Waals surface area contributed by atoms with Gasteiger partial charge in [0.25, 0.3) is 5.91 Å². The van der Waals surface area contributed by atoms with E-state index in [-0.39, 0.29) is 10.9 Å². The summed E-state index contributed by atoms with van der Waals surface area (Å²) in [6.45, 7) is 1.65. The highest BCUT2D eigenvalue weighted by molar-refractivity contribution is 7.80. The maximum atomic E-state index is 12.4. The molecular weight excluding hydrogens is 350 g/mol. The number of azo groups is 1. The first-order valence-electron chi connectivity index (χ1n) is 7.76. The zero-order chi connectivity index (χ0) is 18.7. The molecule has 2 aromatic rings. The molecule has 0 fully saturated rings. The fraction of sp³-hybridized carbons (Fsp3) is 0.111. The molecule has 1 aliphatic heterocycles. The Hall–Kier alpha value is -3.26. The first-order valence-corrected chi connectivity index (χ1v) is 8.17. The molecule has 0 saturated carbocycles. The molecular formula is C18H15N5O2S. The molecule has 0 radical (unpaired) electrons. The van der Waals surface area contributed by atoms with E-state index in [2.05, 4.69) is 15.3 Å². The van der Waals surface area contributed by atoms with Crippen LogP contribution in [0.15, 0.2) is 69.9 Å². The fourth-order valence-corrected chi connectivity index (χ4v) is 2.54. The van der Waals surface area contributed by atoms with Crippen LogP contribution in [0.4, 0.5) is 5.69 Å². The first kappa shape index (κ1) is 17.6. The van der Waals surface area contributed by atoms with Gasteiger partial charge in [-0.15, -0.1) is 0 Å². The van der Waals surface area contributed by atoms with E-state index in [1.807, 2.05) is 18.2 Å².